The average molecular weight is 459 g/mol. The standard InChI is InChI=1S/C26H26N4O2S/c1-16-7-6-8-18(13-16)24-23(25(32)29-19-9-4-3-5-10-19)17(2)27-26-30(24)21(15-33-26)14-22(31)28-20-11-12-20/h3-10,13,15,20,24H,11-12,14H2,1-2H3,(H,28,31)(H,29,32)/t24-/m1/s1. The van der Waals surface area contributed by atoms with Crippen molar-refractivity contribution in [2.45, 2.75) is 45.2 Å². The van der Waals surface area contributed by atoms with Crippen LogP contribution in [0.2, 0.25) is 0 Å². The zero-order valence-electron chi connectivity index (χ0n) is 18.7. The molecule has 1 fully saturated rings. The van der Waals surface area contributed by atoms with Gasteiger partial charge < -0.3 is 15.5 Å². The van der Waals surface area contributed by atoms with E-state index in [-0.39, 0.29) is 24.3 Å². The first-order chi connectivity index (χ1) is 16.0. The summed E-state index contributed by atoms with van der Waals surface area (Å²) in [4.78, 5) is 33.0. The van der Waals surface area contributed by atoms with Gasteiger partial charge in [-0.3, -0.25) is 9.59 Å². The average Bonchev–Trinajstić information content (AvgIpc) is 3.52. The second kappa shape index (κ2) is 8.90. The number of aliphatic imine (C=N–C) groups is 1. The SMILES string of the molecule is CC1=C(C(=O)Nc2ccccc2)[C@@H](c2cccc(C)c2)N2C(CC(=O)NC3CC3)=CSC2=N1. The summed E-state index contributed by atoms with van der Waals surface area (Å²) in [7, 11) is 0. The number of amides is 2. The number of hydrogen-bond acceptors (Lipinski definition) is 5. The van der Waals surface area contributed by atoms with E-state index in [1.165, 1.54) is 11.8 Å². The molecule has 0 aromatic heterocycles. The molecule has 168 valence electrons. The molecule has 0 spiro atoms. The van der Waals surface area contributed by atoms with Crippen molar-refractivity contribution in [1.29, 1.82) is 0 Å². The highest BCUT2D eigenvalue weighted by Gasteiger charge is 2.40. The van der Waals surface area contributed by atoms with Crippen LogP contribution in [0.1, 0.15) is 43.4 Å². The number of carbonyl (C=O) groups excluding carboxylic acids is 2. The topological polar surface area (TPSA) is 73.8 Å². The maximum atomic E-state index is 13.5. The van der Waals surface area contributed by atoms with Crippen LogP contribution in [-0.4, -0.2) is 27.9 Å². The third kappa shape index (κ3) is 4.59. The van der Waals surface area contributed by atoms with E-state index in [4.69, 9.17) is 4.99 Å². The molecule has 0 saturated heterocycles. The molecular formula is C26H26N4O2S. The van der Waals surface area contributed by atoms with Crippen molar-refractivity contribution in [1.82, 2.24) is 10.2 Å². The number of thioether (sulfide) groups is 1. The van der Waals surface area contributed by atoms with Crippen LogP contribution < -0.4 is 10.6 Å². The molecule has 2 aromatic rings. The molecule has 0 bridgehead atoms. The molecule has 0 radical (unpaired) electrons. The van der Waals surface area contributed by atoms with Gasteiger partial charge in [0.05, 0.1) is 23.7 Å². The maximum Gasteiger partial charge on any atom is 0.255 e. The van der Waals surface area contributed by atoms with Gasteiger partial charge in [0.2, 0.25) is 5.91 Å². The normalized spacial score (nSPS) is 19.6. The van der Waals surface area contributed by atoms with E-state index in [0.717, 1.165) is 40.5 Å². The quantitative estimate of drug-likeness (QED) is 0.647. The Kier molecular flexibility index (Phi) is 5.81. The Morgan fingerprint density at radius 1 is 1.09 bits per heavy atom. The molecule has 6 nitrogen and oxygen atoms in total. The Morgan fingerprint density at radius 3 is 2.61 bits per heavy atom. The van der Waals surface area contributed by atoms with Crippen molar-refractivity contribution < 1.29 is 9.59 Å². The number of hydrogen-bond donors (Lipinski definition) is 2. The molecule has 0 unspecified atom stereocenters. The Balaban J connectivity index is 1.51. The van der Waals surface area contributed by atoms with Gasteiger partial charge in [0.25, 0.3) is 5.91 Å². The first kappa shape index (κ1) is 21.5. The van der Waals surface area contributed by atoms with Gasteiger partial charge in [-0.15, -0.1) is 0 Å². The van der Waals surface area contributed by atoms with Crippen LogP contribution in [0.15, 0.2) is 82.0 Å². The summed E-state index contributed by atoms with van der Waals surface area (Å²) in [5.74, 6) is -0.179. The molecular weight excluding hydrogens is 432 g/mol. The number of para-hydroxylation sites is 1. The number of nitrogens with zero attached hydrogens (tertiary/aromatic N) is 2. The fraction of sp³-hybridized carbons (Fsp3) is 0.269. The summed E-state index contributed by atoms with van der Waals surface area (Å²) in [6.45, 7) is 3.92. The number of amidine groups is 1. The largest absolute Gasteiger partial charge is 0.353 e. The van der Waals surface area contributed by atoms with Crippen LogP contribution in [0.4, 0.5) is 5.69 Å². The van der Waals surface area contributed by atoms with Gasteiger partial charge in [-0.2, -0.15) is 0 Å². The number of aryl methyl sites for hydroxylation is 1. The minimum atomic E-state index is -0.365. The van der Waals surface area contributed by atoms with Crippen molar-refractivity contribution in [3.8, 4) is 0 Å². The highest BCUT2D eigenvalue weighted by atomic mass is 32.2. The Morgan fingerprint density at radius 2 is 1.88 bits per heavy atom. The smallest absolute Gasteiger partial charge is 0.255 e. The second-order valence-corrected chi connectivity index (χ2v) is 9.48. The second-order valence-electron chi connectivity index (χ2n) is 8.65. The van der Waals surface area contributed by atoms with Crippen molar-refractivity contribution in [3.63, 3.8) is 0 Å². The van der Waals surface area contributed by atoms with Gasteiger partial charge >= 0.3 is 0 Å². The van der Waals surface area contributed by atoms with Crippen molar-refractivity contribution in [2.75, 3.05) is 5.32 Å². The highest BCUT2D eigenvalue weighted by Crippen LogP contribution is 2.45. The Bertz CT molecular complexity index is 1200. The highest BCUT2D eigenvalue weighted by molar-refractivity contribution is 8.16. The zero-order chi connectivity index (χ0) is 22.9. The number of anilines is 1. The molecule has 33 heavy (non-hydrogen) atoms. The summed E-state index contributed by atoms with van der Waals surface area (Å²) >= 11 is 1.50. The van der Waals surface area contributed by atoms with Crippen LogP contribution in [-0.2, 0) is 9.59 Å². The molecule has 5 rings (SSSR count). The molecule has 2 heterocycles. The molecule has 7 heteroatoms. The summed E-state index contributed by atoms with van der Waals surface area (Å²) in [5.41, 5.74) is 4.98. The molecule has 3 aliphatic rings. The molecule has 2 aliphatic heterocycles. The lowest BCUT2D eigenvalue weighted by Crippen LogP contribution is -2.39. The maximum absolute atomic E-state index is 13.5. The van der Waals surface area contributed by atoms with E-state index in [1.54, 1.807) is 0 Å². The van der Waals surface area contributed by atoms with E-state index in [9.17, 15) is 9.59 Å². The first-order valence-corrected chi connectivity index (χ1v) is 12.0. The van der Waals surface area contributed by atoms with Crippen molar-refractivity contribution in [3.05, 3.63) is 88.1 Å². The van der Waals surface area contributed by atoms with Crippen LogP contribution in [0.3, 0.4) is 0 Å². The summed E-state index contributed by atoms with van der Waals surface area (Å²) in [6.07, 6.45) is 2.36. The van der Waals surface area contributed by atoms with E-state index in [0.29, 0.717) is 17.3 Å². The van der Waals surface area contributed by atoms with E-state index in [1.807, 2.05) is 67.8 Å². The summed E-state index contributed by atoms with van der Waals surface area (Å²) in [6, 6.07) is 17.6. The number of rotatable bonds is 6. The number of fused-ring (bicyclic) bond motifs is 1. The number of allylic oxidation sites excluding steroid dienone is 1. The predicted octanol–water partition coefficient (Wildman–Crippen LogP) is 4.88. The lowest BCUT2D eigenvalue weighted by molar-refractivity contribution is -0.120. The zero-order valence-corrected chi connectivity index (χ0v) is 19.5. The van der Waals surface area contributed by atoms with Crippen molar-refractivity contribution in [2.24, 2.45) is 4.99 Å². The Labute approximate surface area is 197 Å². The first-order valence-electron chi connectivity index (χ1n) is 11.2. The van der Waals surface area contributed by atoms with E-state index >= 15 is 0 Å². The summed E-state index contributed by atoms with van der Waals surface area (Å²) < 4.78 is 0. The van der Waals surface area contributed by atoms with Crippen molar-refractivity contribution >= 4 is 34.4 Å². The number of carbonyl (C=O) groups is 2. The fourth-order valence-corrected chi connectivity index (χ4v) is 5.17. The summed E-state index contributed by atoms with van der Waals surface area (Å²) in [5, 5.41) is 8.88. The lowest BCUT2D eigenvalue weighted by Gasteiger charge is -2.36. The Hall–Kier alpha value is -3.32. The van der Waals surface area contributed by atoms with Gasteiger partial charge in [-0.1, -0.05) is 59.8 Å². The monoisotopic (exact) mass is 458 g/mol. The molecule has 2 N–H and O–H groups in total. The van der Waals surface area contributed by atoms with E-state index < -0.39 is 0 Å². The number of nitrogens with one attached hydrogen (secondary N) is 2. The predicted molar refractivity (Wildman–Crippen MR) is 132 cm³/mol. The molecule has 1 saturated carbocycles. The fourth-order valence-electron chi connectivity index (χ4n) is 4.21. The van der Waals surface area contributed by atoms with Crippen LogP contribution in [0.25, 0.3) is 0 Å². The number of benzene rings is 2. The van der Waals surface area contributed by atoms with Gasteiger partial charge in [0, 0.05) is 17.4 Å². The minimum Gasteiger partial charge on any atom is -0.353 e. The van der Waals surface area contributed by atoms with Crippen LogP contribution in [0, 0.1) is 6.92 Å². The molecule has 2 aromatic carbocycles. The molecule has 1 aliphatic carbocycles. The molecule has 1 atom stereocenters. The lowest BCUT2D eigenvalue weighted by atomic mass is 9.92. The van der Waals surface area contributed by atoms with Gasteiger partial charge in [0.15, 0.2) is 5.17 Å². The third-order valence-corrected chi connectivity index (χ3v) is 6.81. The third-order valence-electron chi connectivity index (χ3n) is 5.92. The molecule has 2 amide bonds. The van der Waals surface area contributed by atoms with Gasteiger partial charge in [-0.05, 0) is 49.8 Å². The van der Waals surface area contributed by atoms with Crippen LogP contribution >= 0.6 is 11.8 Å². The van der Waals surface area contributed by atoms with Gasteiger partial charge in [-0.25, -0.2) is 4.99 Å². The van der Waals surface area contributed by atoms with Crippen LogP contribution in [0.5, 0.6) is 0 Å². The van der Waals surface area contributed by atoms with Gasteiger partial charge in [0.1, 0.15) is 0 Å². The van der Waals surface area contributed by atoms with E-state index in [2.05, 4.69) is 21.6 Å². The minimum absolute atomic E-state index is 0.00940.